The number of allylic oxidation sites excluding steroid dienone is 1. The van der Waals surface area contributed by atoms with Crippen molar-refractivity contribution in [2.24, 2.45) is 0 Å². The molecule has 1 N–H and O–H groups in total. The summed E-state index contributed by atoms with van der Waals surface area (Å²) in [7, 11) is -0.115. The third kappa shape index (κ3) is 4.52. The molecule has 0 spiro atoms. The molecule has 0 radical (unpaired) electrons. The van der Waals surface area contributed by atoms with Crippen LogP contribution >= 0.6 is 0 Å². The van der Waals surface area contributed by atoms with E-state index < -0.39 is 21.4 Å². The molecule has 0 amide bonds. The Balaban J connectivity index is 1.71. The van der Waals surface area contributed by atoms with Gasteiger partial charge in [0.25, 0.3) is 10.1 Å². The fourth-order valence-corrected chi connectivity index (χ4v) is 7.01. The Morgan fingerprint density at radius 2 is 1.61 bits per heavy atom. The average Bonchev–Trinajstić information content (AvgIpc) is 2.90. The second-order valence-electron chi connectivity index (χ2n) is 12.4. The number of likely N-dealkylation sites (N-methyl/N-ethyl adjacent to an activating group) is 2. The number of hydrogen-bond acceptors (Lipinski definition) is 4. The summed E-state index contributed by atoms with van der Waals surface area (Å²) in [5, 5.41) is 2.14. The van der Waals surface area contributed by atoms with Crippen LogP contribution in [0.3, 0.4) is 0 Å². The van der Waals surface area contributed by atoms with Crippen LogP contribution in [0.4, 0.5) is 5.69 Å². The first-order chi connectivity index (χ1) is 19.2. The molecule has 0 aromatic heterocycles. The summed E-state index contributed by atoms with van der Waals surface area (Å²) in [5.41, 5.74) is 7.10. The molecular weight excluding hydrogens is 532 g/mol. The Bertz CT molecular complexity index is 1920. The molecule has 0 aliphatic carbocycles. The van der Waals surface area contributed by atoms with E-state index >= 15 is 0 Å². The molecule has 0 bridgehead atoms. The largest absolute Gasteiger partial charge is 0.456 e. The molecular formula is C34H37N2O4S+. The van der Waals surface area contributed by atoms with Crippen LogP contribution < -0.4 is 24.8 Å². The van der Waals surface area contributed by atoms with E-state index in [-0.39, 0.29) is 5.54 Å². The summed E-state index contributed by atoms with van der Waals surface area (Å²) in [4.78, 5) is 2.12. The molecule has 3 heterocycles. The molecule has 0 saturated carbocycles. The lowest BCUT2D eigenvalue weighted by molar-refractivity contribution is 0.432. The summed E-state index contributed by atoms with van der Waals surface area (Å²) in [6, 6.07) is 18.7. The lowest BCUT2D eigenvalue weighted by atomic mass is 9.84. The summed E-state index contributed by atoms with van der Waals surface area (Å²) >= 11 is 0. The minimum atomic E-state index is -4.24. The van der Waals surface area contributed by atoms with E-state index in [1.807, 2.05) is 57.3 Å². The Morgan fingerprint density at radius 1 is 0.902 bits per heavy atom. The van der Waals surface area contributed by atoms with E-state index in [4.69, 9.17) is 4.74 Å². The highest BCUT2D eigenvalue weighted by Gasteiger charge is 2.36. The molecule has 6 nitrogen and oxygen atoms in total. The number of ether oxygens (including phenoxy) is 1. The predicted molar refractivity (Wildman–Crippen MR) is 167 cm³/mol. The topological polar surface area (TPSA) is 69.8 Å². The maximum absolute atomic E-state index is 12.1. The third-order valence-electron chi connectivity index (χ3n) is 8.93. The molecule has 7 heteroatoms. The van der Waals surface area contributed by atoms with E-state index in [1.54, 1.807) is 0 Å². The van der Waals surface area contributed by atoms with Crippen LogP contribution in [0, 0.1) is 0 Å². The van der Waals surface area contributed by atoms with Crippen LogP contribution in [0.1, 0.15) is 63.3 Å². The van der Waals surface area contributed by atoms with Crippen molar-refractivity contribution in [2.75, 3.05) is 24.7 Å². The van der Waals surface area contributed by atoms with Gasteiger partial charge in [0.1, 0.15) is 24.3 Å². The zero-order chi connectivity index (χ0) is 29.5. The molecule has 212 valence electrons. The lowest BCUT2D eigenvalue weighted by Gasteiger charge is -2.41. The highest BCUT2D eigenvalue weighted by molar-refractivity contribution is 7.86. The van der Waals surface area contributed by atoms with Crippen LogP contribution in [0.2, 0.25) is 0 Å². The van der Waals surface area contributed by atoms with Gasteiger partial charge in [-0.1, -0.05) is 43.3 Å². The summed E-state index contributed by atoms with van der Waals surface area (Å²) in [6.07, 6.45) is 5.20. The van der Waals surface area contributed by atoms with Crippen molar-refractivity contribution in [3.63, 3.8) is 0 Å². The molecule has 0 atom stereocenters. The number of benzene rings is 3. The van der Waals surface area contributed by atoms with Gasteiger partial charge < -0.3 is 9.64 Å². The van der Waals surface area contributed by atoms with E-state index in [0.717, 1.165) is 56.4 Å². The van der Waals surface area contributed by atoms with E-state index in [2.05, 4.69) is 67.6 Å². The van der Waals surface area contributed by atoms with Gasteiger partial charge in [-0.3, -0.25) is 4.55 Å². The molecule has 0 saturated heterocycles. The fraction of sp³-hybridized carbons (Fsp3) is 0.324. The van der Waals surface area contributed by atoms with Crippen molar-refractivity contribution >= 4 is 32.5 Å². The molecule has 3 aromatic carbocycles. The first-order valence-corrected chi connectivity index (χ1v) is 15.6. The van der Waals surface area contributed by atoms with Crippen molar-refractivity contribution in [3.8, 4) is 11.5 Å². The molecule has 3 aromatic rings. The van der Waals surface area contributed by atoms with Crippen molar-refractivity contribution < 1.29 is 17.7 Å². The number of nitrogens with zero attached hydrogens (tertiary/aromatic N) is 2. The van der Waals surface area contributed by atoms with E-state index in [0.29, 0.717) is 5.57 Å². The standard InChI is InChI=1S/C34H36N2O4S/c1-8-21-18-33(2,3)35(6)28-16-30-26(14-24(21)28)32(22-12-10-9-11-13-22)27-15-25-23(20-41(37,38)39)19-34(4,5)36(7)29(25)17-31(27)40-30/h9-19H,8,20H2,1-7H3/p+1. The molecule has 3 aliphatic rings. The molecule has 41 heavy (non-hydrogen) atoms. The lowest BCUT2D eigenvalue weighted by Crippen LogP contribution is -2.47. The second-order valence-corrected chi connectivity index (χ2v) is 13.9. The quantitative estimate of drug-likeness (QED) is 0.269. The zero-order valence-corrected chi connectivity index (χ0v) is 25.6. The zero-order valence-electron chi connectivity index (χ0n) is 24.7. The maximum atomic E-state index is 12.1. The highest BCUT2D eigenvalue weighted by Crippen LogP contribution is 2.46. The Hall–Kier alpha value is -3.68. The summed E-state index contributed by atoms with van der Waals surface area (Å²) in [6.45, 7) is 10.7. The van der Waals surface area contributed by atoms with Gasteiger partial charge in [-0.2, -0.15) is 8.42 Å². The number of rotatable bonds is 4. The van der Waals surface area contributed by atoms with Crippen LogP contribution in [0.5, 0.6) is 11.5 Å². The first-order valence-electron chi connectivity index (χ1n) is 14.0. The minimum Gasteiger partial charge on any atom is -0.456 e. The van der Waals surface area contributed by atoms with Crippen molar-refractivity contribution in [3.05, 3.63) is 99.6 Å². The molecule has 6 rings (SSSR count). The fourth-order valence-electron chi connectivity index (χ4n) is 6.38. The van der Waals surface area contributed by atoms with Crippen LogP contribution in [0.15, 0.2) is 66.7 Å². The summed E-state index contributed by atoms with van der Waals surface area (Å²) < 4.78 is 43.0. The van der Waals surface area contributed by atoms with Crippen LogP contribution in [-0.2, 0) is 10.1 Å². The molecule has 3 aliphatic heterocycles. The van der Waals surface area contributed by atoms with Gasteiger partial charge in [0.05, 0.1) is 11.6 Å². The smallest absolute Gasteiger partial charge is 0.269 e. The highest BCUT2D eigenvalue weighted by atomic mass is 32.2. The monoisotopic (exact) mass is 569 g/mol. The SMILES string of the molecule is CCC1=CC(C)(C)[N+](C)=c2cc3c(cc21)=C(c1ccccc1)c1cc2c(cc1O3)N(C)C(C)(C)C=C2CS(=O)(=O)O. The van der Waals surface area contributed by atoms with Gasteiger partial charge >= 0.3 is 0 Å². The Kier molecular flexibility index (Phi) is 6.14. The Morgan fingerprint density at radius 3 is 2.27 bits per heavy atom. The van der Waals surface area contributed by atoms with E-state index in [1.165, 1.54) is 11.1 Å². The van der Waals surface area contributed by atoms with Crippen molar-refractivity contribution in [1.82, 2.24) is 4.58 Å². The van der Waals surface area contributed by atoms with Gasteiger partial charge in [-0.15, -0.1) is 0 Å². The number of anilines is 1. The Labute approximate surface area is 242 Å². The molecule has 0 fully saturated rings. The van der Waals surface area contributed by atoms with Gasteiger partial charge in [0.15, 0.2) is 5.54 Å². The number of fused-ring (bicyclic) bond motifs is 4. The van der Waals surface area contributed by atoms with Crippen molar-refractivity contribution in [1.29, 1.82) is 0 Å². The molecule has 0 unspecified atom stereocenters. The van der Waals surface area contributed by atoms with Crippen LogP contribution in [-0.4, -0.2) is 43.9 Å². The van der Waals surface area contributed by atoms with Crippen LogP contribution in [0.25, 0.3) is 16.7 Å². The van der Waals surface area contributed by atoms with Crippen molar-refractivity contribution in [2.45, 2.75) is 52.1 Å². The summed E-state index contributed by atoms with van der Waals surface area (Å²) in [5.74, 6) is 1.06. The first kappa shape index (κ1) is 27.5. The predicted octanol–water partition coefficient (Wildman–Crippen LogP) is 5.25. The maximum Gasteiger partial charge on any atom is 0.269 e. The average molecular weight is 570 g/mol. The third-order valence-corrected chi connectivity index (χ3v) is 9.61. The normalized spacial score (nSPS) is 18.4. The second kappa shape index (κ2) is 9.16. The van der Waals surface area contributed by atoms with Gasteiger partial charge in [-0.05, 0) is 55.2 Å². The van der Waals surface area contributed by atoms with Gasteiger partial charge in [0, 0.05) is 60.1 Å². The van der Waals surface area contributed by atoms with Gasteiger partial charge in [0.2, 0.25) is 5.36 Å². The van der Waals surface area contributed by atoms with E-state index in [9.17, 15) is 13.0 Å². The minimum absolute atomic E-state index is 0.131. The van der Waals surface area contributed by atoms with Gasteiger partial charge in [-0.25, -0.2) is 4.58 Å². The number of hydrogen-bond donors (Lipinski definition) is 1.